The van der Waals surface area contributed by atoms with Gasteiger partial charge in [0.05, 0.1) is 6.61 Å². The molecule has 0 aromatic carbocycles. The highest BCUT2D eigenvalue weighted by Crippen LogP contribution is 2.66. The maximum Gasteiger partial charge on any atom is 0.490 e. The van der Waals surface area contributed by atoms with E-state index in [2.05, 4.69) is 18.1 Å². The standard InChI is InChI=1S/C14H25FN3O13P3/c1-8(2)3-5-14(7-28-33(24,25)31-34(26,27)30-32(21,22)23)11(19)10(15)12(29-14)18-6-4-9(16)17-13(18)20/h3-6,8,10-13,19-20H,7H2,1-2H3,(H2,16,17)(H,24,25)(H,26,27)(H2,21,22,23)/b5-3+/t10-,11+,12-,13?,14-/m1/s1. The number of nitrogens with two attached hydrogens (primary N) is 1. The van der Waals surface area contributed by atoms with Gasteiger partial charge in [0.15, 0.2) is 12.4 Å². The molecule has 7 atom stereocenters. The highest BCUT2D eigenvalue weighted by atomic mass is 31.3. The molecule has 0 aliphatic carbocycles. The normalized spacial score (nSPS) is 33.8. The summed E-state index contributed by atoms with van der Waals surface area (Å²) in [4.78, 5) is 40.6. The lowest BCUT2D eigenvalue weighted by atomic mass is 9.94. The molecule has 196 valence electrons. The van der Waals surface area contributed by atoms with Crippen molar-refractivity contribution in [1.29, 1.82) is 0 Å². The number of phosphoric acid groups is 3. The van der Waals surface area contributed by atoms with Crippen LogP contribution in [0.2, 0.25) is 0 Å². The SMILES string of the molecule is CC(C)/C=C/[C@]1(COP(=O)(O)OP(=O)(O)OP(=O)(O)O)O[C@@H](N2C=CC(N)=NC2O)[C@H](F)[C@@H]1O. The third kappa shape index (κ3) is 7.73. The van der Waals surface area contributed by atoms with Gasteiger partial charge in [-0.25, -0.2) is 23.1 Å². The van der Waals surface area contributed by atoms with E-state index in [9.17, 15) is 33.7 Å². The molecule has 8 N–H and O–H groups in total. The van der Waals surface area contributed by atoms with Gasteiger partial charge in [-0.15, -0.1) is 0 Å². The summed E-state index contributed by atoms with van der Waals surface area (Å²) in [7, 11) is -17.0. The topological polar surface area (TPSA) is 251 Å². The minimum Gasteiger partial charge on any atom is -0.386 e. The van der Waals surface area contributed by atoms with Crippen molar-refractivity contribution in [2.24, 2.45) is 16.6 Å². The van der Waals surface area contributed by atoms with E-state index >= 15 is 4.39 Å². The Morgan fingerprint density at radius 2 is 1.85 bits per heavy atom. The second kappa shape index (κ2) is 10.5. The van der Waals surface area contributed by atoms with Gasteiger partial charge < -0.3 is 45.2 Å². The van der Waals surface area contributed by atoms with Gasteiger partial charge in [0, 0.05) is 6.20 Å². The van der Waals surface area contributed by atoms with E-state index in [0.717, 1.165) is 17.2 Å². The van der Waals surface area contributed by atoms with Crippen LogP contribution in [0.5, 0.6) is 0 Å². The monoisotopic (exact) mass is 555 g/mol. The summed E-state index contributed by atoms with van der Waals surface area (Å²) in [6.07, 6.45) is -2.79. The van der Waals surface area contributed by atoms with Crippen LogP contribution in [0.1, 0.15) is 13.8 Å². The van der Waals surface area contributed by atoms with Crippen LogP contribution >= 0.6 is 23.5 Å². The van der Waals surface area contributed by atoms with E-state index in [1.807, 2.05) is 0 Å². The molecule has 0 spiro atoms. The predicted octanol–water partition coefficient (Wildman–Crippen LogP) is -0.202. The van der Waals surface area contributed by atoms with Gasteiger partial charge in [0.1, 0.15) is 17.5 Å². The number of amidine groups is 1. The van der Waals surface area contributed by atoms with Crippen molar-refractivity contribution in [3.8, 4) is 0 Å². The summed E-state index contributed by atoms with van der Waals surface area (Å²) in [5.41, 5.74) is 3.26. The summed E-state index contributed by atoms with van der Waals surface area (Å²) >= 11 is 0. The van der Waals surface area contributed by atoms with Gasteiger partial charge in [-0.2, -0.15) is 8.62 Å². The fraction of sp³-hybridized carbons (Fsp3) is 0.643. The molecule has 20 heteroatoms. The first-order chi connectivity index (χ1) is 15.4. The van der Waals surface area contributed by atoms with Gasteiger partial charge in [0.2, 0.25) is 6.35 Å². The molecule has 0 bridgehead atoms. The number of aliphatic hydroxyl groups excluding tert-OH is 2. The van der Waals surface area contributed by atoms with Gasteiger partial charge in [-0.05, 0) is 12.0 Å². The number of nitrogens with zero attached hydrogens (tertiary/aromatic N) is 2. The Bertz CT molecular complexity index is 987. The Morgan fingerprint density at radius 3 is 2.38 bits per heavy atom. The summed E-state index contributed by atoms with van der Waals surface area (Å²) in [5, 5.41) is 20.6. The molecule has 0 radical (unpaired) electrons. The van der Waals surface area contributed by atoms with Gasteiger partial charge in [0.25, 0.3) is 0 Å². The average molecular weight is 555 g/mol. The first-order valence-electron chi connectivity index (χ1n) is 9.31. The number of halogens is 1. The number of allylic oxidation sites excluding steroid dienone is 1. The fourth-order valence-electron chi connectivity index (χ4n) is 2.86. The Morgan fingerprint density at radius 1 is 1.24 bits per heavy atom. The molecule has 16 nitrogen and oxygen atoms in total. The van der Waals surface area contributed by atoms with Crippen molar-refractivity contribution >= 4 is 29.3 Å². The van der Waals surface area contributed by atoms with Crippen LogP contribution in [-0.4, -0.2) is 77.6 Å². The van der Waals surface area contributed by atoms with Crippen molar-refractivity contribution < 1.29 is 65.8 Å². The summed E-state index contributed by atoms with van der Waals surface area (Å²) in [6.45, 7) is 2.25. The predicted molar refractivity (Wildman–Crippen MR) is 111 cm³/mol. The molecule has 0 amide bonds. The number of aliphatic imine (C=N–C) groups is 1. The molecule has 1 saturated heterocycles. The lowest BCUT2D eigenvalue weighted by molar-refractivity contribution is -0.144. The van der Waals surface area contributed by atoms with Crippen LogP contribution in [0.15, 0.2) is 29.4 Å². The van der Waals surface area contributed by atoms with Crippen LogP contribution in [0, 0.1) is 5.92 Å². The minimum absolute atomic E-state index is 0.0728. The summed E-state index contributed by atoms with van der Waals surface area (Å²) in [5.74, 6) is -0.266. The molecule has 2 aliphatic heterocycles. The maximum absolute atomic E-state index is 15.0. The molecule has 0 saturated carbocycles. The molecule has 2 rings (SSSR count). The molecule has 0 aromatic rings. The number of rotatable bonds is 10. The lowest BCUT2D eigenvalue weighted by Crippen LogP contribution is -2.46. The Kier molecular flexibility index (Phi) is 9.04. The average Bonchev–Trinajstić information content (AvgIpc) is 2.88. The van der Waals surface area contributed by atoms with E-state index < -0.39 is 60.5 Å². The van der Waals surface area contributed by atoms with Crippen molar-refractivity contribution in [3.05, 3.63) is 24.4 Å². The summed E-state index contributed by atoms with van der Waals surface area (Å²) in [6, 6.07) is 0. The molecule has 3 unspecified atom stereocenters. The van der Waals surface area contributed by atoms with E-state index in [4.69, 9.17) is 20.3 Å². The zero-order valence-corrected chi connectivity index (χ0v) is 20.3. The second-order valence-corrected chi connectivity index (χ2v) is 11.9. The molecular formula is C14H25FN3O13P3. The highest BCUT2D eigenvalue weighted by Gasteiger charge is 2.57. The number of aliphatic hydroxyl groups is 2. The Labute approximate surface area is 192 Å². The third-order valence-corrected chi connectivity index (χ3v) is 8.07. The quantitative estimate of drug-likeness (QED) is 0.136. The van der Waals surface area contributed by atoms with Crippen molar-refractivity contribution in [1.82, 2.24) is 4.90 Å². The van der Waals surface area contributed by atoms with E-state index in [1.54, 1.807) is 13.8 Å². The maximum atomic E-state index is 15.0. The number of ether oxygens (including phenoxy) is 1. The van der Waals surface area contributed by atoms with Crippen molar-refractivity contribution in [2.45, 2.75) is 44.3 Å². The van der Waals surface area contributed by atoms with Crippen LogP contribution in [0.3, 0.4) is 0 Å². The molecule has 2 aliphatic rings. The zero-order chi connectivity index (χ0) is 26.1. The second-order valence-electron chi connectivity index (χ2n) is 7.48. The van der Waals surface area contributed by atoms with E-state index in [1.165, 1.54) is 12.2 Å². The molecule has 2 heterocycles. The summed E-state index contributed by atoms with van der Waals surface area (Å²) < 4.78 is 66.8. The lowest BCUT2D eigenvalue weighted by Gasteiger charge is -2.34. The number of phosphoric ester groups is 1. The van der Waals surface area contributed by atoms with Crippen LogP contribution in [-0.2, 0) is 31.6 Å². The Balaban J connectivity index is 2.28. The molecule has 0 aromatic heterocycles. The van der Waals surface area contributed by atoms with Crippen LogP contribution in [0.25, 0.3) is 0 Å². The molecular weight excluding hydrogens is 530 g/mol. The van der Waals surface area contributed by atoms with Crippen LogP contribution < -0.4 is 5.73 Å². The van der Waals surface area contributed by atoms with Crippen molar-refractivity contribution in [3.63, 3.8) is 0 Å². The highest BCUT2D eigenvalue weighted by molar-refractivity contribution is 7.66. The van der Waals surface area contributed by atoms with Gasteiger partial charge in [-0.1, -0.05) is 26.0 Å². The van der Waals surface area contributed by atoms with Gasteiger partial charge in [-0.3, -0.25) is 4.52 Å². The van der Waals surface area contributed by atoms with E-state index in [-0.39, 0.29) is 11.8 Å². The third-order valence-electron chi connectivity index (χ3n) is 4.29. The first-order valence-corrected chi connectivity index (χ1v) is 13.8. The van der Waals surface area contributed by atoms with Crippen molar-refractivity contribution in [2.75, 3.05) is 6.61 Å². The molecule has 1 fully saturated rings. The fourth-order valence-corrected chi connectivity index (χ4v) is 5.91. The Hall–Kier alpha value is -1.03. The first kappa shape index (κ1) is 29.2. The number of hydrogen-bond donors (Lipinski definition) is 7. The van der Waals surface area contributed by atoms with Crippen LogP contribution in [0.4, 0.5) is 4.39 Å². The zero-order valence-electron chi connectivity index (χ0n) is 17.6. The smallest absolute Gasteiger partial charge is 0.386 e. The minimum atomic E-state index is -5.80. The van der Waals surface area contributed by atoms with Gasteiger partial charge >= 0.3 is 23.5 Å². The largest absolute Gasteiger partial charge is 0.490 e. The van der Waals surface area contributed by atoms with E-state index in [0.29, 0.717) is 0 Å². The number of hydrogen-bond acceptors (Lipinski definition) is 12. The number of alkyl halides is 1. The molecule has 34 heavy (non-hydrogen) atoms.